The molecule has 0 spiro atoms. The minimum atomic E-state index is 0.806. The van der Waals surface area contributed by atoms with E-state index in [0.29, 0.717) is 0 Å². The topological polar surface area (TPSA) is 35.2 Å². The molecule has 0 aliphatic rings. The molecule has 2 heteroatoms. The SMILES string of the molecule is CCCCCCCc1ccc(OCCCCCCN)cc1. The van der Waals surface area contributed by atoms with E-state index in [0.717, 1.165) is 31.7 Å². The number of rotatable bonds is 13. The van der Waals surface area contributed by atoms with Crippen molar-refractivity contribution in [3.8, 4) is 5.75 Å². The monoisotopic (exact) mass is 291 g/mol. The predicted octanol–water partition coefficient (Wildman–Crippen LogP) is 5.10. The smallest absolute Gasteiger partial charge is 0.119 e. The van der Waals surface area contributed by atoms with Gasteiger partial charge < -0.3 is 10.5 Å². The molecule has 0 aromatic heterocycles. The normalized spacial score (nSPS) is 10.8. The van der Waals surface area contributed by atoms with Crippen LogP contribution in [0.25, 0.3) is 0 Å². The van der Waals surface area contributed by atoms with Crippen LogP contribution in [0.5, 0.6) is 5.75 Å². The van der Waals surface area contributed by atoms with E-state index in [1.807, 2.05) is 0 Å². The molecule has 0 aliphatic carbocycles. The van der Waals surface area contributed by atoms with Crippen molar-refractivity contribution in [2.45, 2.75) is 71.1 Å². The minimum Gasteiger partial charge on any atom is -0.494 e. The molecule has 0 saturated carbocycles. The van der Waals surface area contributed by atoms with Crippen LogP contribution in [0, 0.1) is 0 Å². The highest BCUT2D eigenvalue weighted by Gasteiger charge is 1.97. The van der Waals surface area contributed by atoms with Crippen molar-refractivity contribution in [3.63, 3.8) is 0 Å². The molecule has 0 amide bonds. The van der Waals surface area contributed by atoms with Gasteiger partial charge in [-0.05, 0) is 49.9 Å². The standard InChI is InChI=1S/C19H33NO/c1-2-3-4-5-8-11-18-12-14-19(15-13-18)21-17-10-7-6-9-16-20/h12-15H,2-11,16-17,20H2,1H3. The molecule has 0 radical (unpaired) electrons. The molecule has 21 heavy (non-hydrogen) atoms. The first kappa shape index (κ1) is 18.0. The van der Waals surface area contributed by atoms with Crippen LogP contribution in [-0.2, 0) is 6.42 Å². The van der Waals surface area contributed by atoms with Gasteiger partial charge in [-0.2, -0.15) is 0 Å². The summed E-state index contributed by atoms with van der Waals surface area (Å²) in [5.41, 5.74) is 6.91. The maximum Gasteiger partial charge on any atom is 0.119 e. The summed E-state index contributed by atoms with van der Waals surface area (Å²) in [5.74, 6) is 1.00. The third kappa shape index (κ3) is 9.52. The summed E-state index contributed by atoms with van der Waals surface area (Å²) in [6.45, 7) is 3.89. The van der Waals surface area contributed by atoms with Crippen LogP contribution in [0.4, 0.5) is 0 Å². The molecule has 0 saturated heterocycles. The van der Waals surface area contributed by atoms with Gasteiger partial charge in [0.25, 0.3) is 0 Å². The van der Waals surface area contributed by atoms with Crippen LogP contribution in [0.1, 0.15) is 70.3 Å². The number of unbranched alkanes of at least 4 members (excludes halogenated alkanes) is 7. The Kier molecular flexibility index (Phi) is 10.9. The fourth-order valence-electron chi connectivity index (χ4n) is 2.47. The van der Waals surface area contributed by atoms with Crippen LogP contribution >= 0.6 is 0 Å². The van der Waals surface area contributed by atoms with Crippen molar-refractivity contribution in [3.05, 3.63) is 29.8 Å². The number of benzene rings is 1. The van der Waals surface area contributed by atoms with Crippen LogP contribution < -0.4 is 10.5 Å². The van der Waals surface area contributed by atoms with Gasteiger partial charge in [-0.15, -0.1) is 0 Å². The van der Waals surface area contributed by atoms with E-state index in [-0.39, 0.29) is 0 Å². The van der Waals surface area contributed by atoms with Gasteiger partial charge in [0.1, 0.15) is 5.75 Å². The third-order valence-electron chi connectivity index (χ3n) is 3.86. The number of hydrogen-bond donors (Lipinski definition) is 1. The van der Waals surface area contributed by atoms with E-state index in [4.69, 9.17) is 10.5 Å². The minimum absolute atomic E-state index is 0.806. The molecule has 120 valence electrons. The summed E-state index contributed by atoms with van der Waals surface area (Å²) in [6.07, 6.45) is 12.6. The molecule has 0 atom stereocenters. The molecular formula is C19H33NO. The number of aryl methyl sites for hydroxylation is 1. The Bertz CT molecular complexity index is 334. The van der Waals surface area contributed by atoms with Crippen LogP contribution in [0.15, 0.2) is 24.3 Å². The molecule has 1 aromatic carbocycles. The van der Waals surface area contributed by atoms with Crippen molar-refractivity contribution in [1.82, 2.24) is 0 Å². The average molecular weight is 291 g/mol. The van der Waals surface area contributed by atoms with Gasteiger partial charge >= 0.3 is 0 Å². The fourth-order valence-corrected chi connectivity index (χ4v) is 2.47. The second kappa shape index (κ2) is 12.7. The zero-order chi connectivity index (χ0) is 15.2. The van der Waals surface area contributed by atoms with Crippen molar-refractivity contribution in [2.24, 2.45) is 5.73 Å². The van der Waals surface area contributed by atoms with Crippen molar-refractivity contribution in [1.29, 1.82) is 0 Å². The van der Waals surface area contributed by atoms with Gasteiger partial charge in [0.05, 0.1) is 6.61 Å². The summed E-state index contributed by atoms with van der Waals surface area (Å²) in [7, 11) is 0. The lowest BCUT2D eigenvalue weighted by Gasteiger charge is -2.07. The second-order valence-electron chi connectivity index (χ2n) is 5.86. The Morgan fingerprint density at radius 1 is 0.810 bits per heavy atom. The van der Waals surface area contributed by atoms with Crippen LogP contribution in [0.2, 0.25) is 0 Å². The highest BCUT2D eigenvalue weighted by atomic mass is 16.5. The maximum absolute atomic E-state index is 5.77. The van der Waals surface area contributed by atoms with E-state index in [1.165, 1.54) is 56.9 Å². The Labute approximate surface area is 131 Å². The molecular weight excluding hydrogens is 258 g/mol. The van der Waals surface area contributed by atoms with Crippen molar-refractivity contribution < 1.29 is 4.74 Å². The lowest BCUT2D eigenvalue weighted by Crippen LogP contribution is -2.00. The Morgan fingerprint density at radius 3 is 2.19 bits per heavy atom. The van der Waals surface area contributed by atoms with Gasteiger partial charge in [0.15, 0.2) is 0 Å². The lowest BCUT2D eigenvalue weighted by atomic mass is 10.1. The van der Waals surface area contributed by atoms with Crippen molar-refractivity contribution >= 4 is 0 Å². The second-order valence-corrected chi connectivity index (χ2v) is 5.86. The Hall–Kier alpha value is -1.02. The predicted molar refractivity (Wildman–Crippen MR) is 91.9 cm³/mol. The first-order valence-corrected chi connectivity index (χ1v) is 8.78. The van der Waals surface area contributed by atoms with Gasteiger partial charge in [-0.3, -0.25) is 0 Å². The summed E-state index contributed by atoms with van der Waals surface area (Å²) in [4.78, 5) is 0. The number of hydrogen-bond acceptors (Lipinski definition) is 2. The summed E-state index contributed by atoms with van der Waals surface area (Å²) in [5, 5.41) is 0. The van der Waals surface area contributed by atoms with Gasteiger partial charge in [-0.25, -0.2) is 0 Å². The van der Waals surface area contributed by atoms with E-state index in [1.54, 1.807) is 0 Å². The van der Waals surface area contributed by atoms with E-state index in [9.17, 15) is 0 Å². The lowest BCUT2D eigenvalue weighted by molar-refractivity contribution is 0.304. The summed E-state index contributed by atoms with van der Waals surface area (Å²) < 4.78 is 5.77. The fraction of sp³-hybridized carbons (Fsp3) is 0.684. The van der Waals surface area contributed by atoms with E-state index in [2.05, 4.69) is 31.2 Å². The molecule has 0 bridgehead atoms. The number of nitrogens with two attached hydrogens (primary N) is 1. The molecule has 0 aliphatic heterocycles. The largest absolute Gasteiger partial charge is 0.494 e. The molecule has 0 unspecified atom stereocenters. The molecule has 1 rings (SSSR count). The van der Waals surface area contributed by atoms with Gasteiger partial charge in [0.2, 0.25) is 0 Å². The van der Waals surface area contributed by atoms with E-state index >= 15 is 0 Å². The highest BCUT2D eigenvalue weighted by molar-refractivity contribution is 5.27. The Balaban J connectivity index is 2.09. The highest BCUT2D eigenvalue weighted by Crippen LogP contribution is 2.15. The molecule has 0 heterocycles. The van der Waals surface area contributed by atoms with Crippen LogP contribution in [0.3, 0.4) is 0 Å². The summed E-state index contributed by atoms with van der Waals surface area (Å²) >= 11 is 0. The van der Waals surface area contributed by atoms with E-state index < -0.39 is 0 Å². The third-order valence-corrected chi connectivity index (χ3v) is 3.86. The van der Waals surface area contributed by atoms with Crippen LogP contribution in [-0.4, -0.2) is 13.2 Å². The first-order chi connectivity index (χ1) is 10.4. The molecule has 0 fully saturated rings. The zero-order valence-corrected chi connectivity index (χ0v) is 13.8. The zero-order valence-electron chi connectivity index (χ0n) is 13.8. The number of ether oxygens (including phenoxy) is 1. The van der Waals surface area contributed by atoms with Gasteiger partial charge in [0, 0.05) is 0 Å². The Morgan fingerprint density at radius 2 is 1.48 bits per heavy atom. The molecule has 1 aromatic rings. The first-order valence-electron chi connectivity index (χ1n) is 8.78. The maximum atomic E-state index is 5.77. The average Bonchev–Trinajstić information content (AvgIpc) is 2.52. The van der Waals surface area contributed by atoms with Crippen molar-refractivity contribution in [2.75, 3.05) is 13.2 Å². The summed E-state index contributed by atoms with van der Waals surface area (Å²) in [6, 6.07) is 8.65. The van der Waals surface area contributed by atoms with Gasteiger partial charge in [-0.1, -0.05) is 57.6 Å². The molecule has 2 N–H and O–H groups in total. The molecule has 2 nitrogen and oxygen atoms in total. The quantitative estimate of drug-likeness (QED) is 0.513.